The van der Waals surface area contributed by atoms with Crippen LogP contribution in [0.2, 0.25) is 0 Å². The molecular formula is C21H28N2O2S. The number of sulfone groups is 1. The fourth-order valence-corrected chi connectivity index (χ4v) is 4.52. The van der Waals surface area contributed by atoms with Gasteiger partial charge in [0.25, 0.3) is 0 Å². The summed E-state index contributed by atoms with van der Waals surface area (Å²) in [5.74, 6) is 0.167. The van der Waals surface area contributed by atoms with Crippen LogP contribution < -0.4 is 0 Å². The molecule has 0 saturated heterocycles. The van der Waals surface area contributed by atoms with Crippen LogP contribution in [-0.4, -0.2) is 33.2 Å². The molecule has 0 atom stereocenters. The Balaban J connectivity index is 2.63. The van der Waals surface area contributed by atoms with E-state index in [1.165, 1.54) is 0 Å². The van der Waals surface area contributed by atoms with Gasteiger partial charge >= 0.3 is 0 Å². The highest BCUT2D eigenvalue weighted by molar-refractivity contribution is 7.91. The van der Waals surface area contributed by atoms with Crippen molar-refractivity contribution in [3.63, 3.8) is 0 Å². The van der Waals surface area contributed by atoms with Gasteiger partial charge in [0, 0.05) is 13.6 Å². The summed E-state index contributed by atoms with van der Waals surface area (Å²) in [5.41, 5.74) is 3.22. The van der Waals surface area contributed by atoms with Crippen LogP contribution in [0.4, 0.5) is 5.69 Å². The van der Waals surface area contributed by atoms with Gasteiger partial charge in [-0.1, -0.05) is 32.0 Å². The Labute approximate surface area is 157 Å². The SMILES string of the molecule is CCN(C)C=Nc1cc(C)c(S(=O)(=O)c2ccccc2C)cc1C(C)C. The minimum absolute atomic E-state index is 0.167. The maximum Gasteiger partial charge on any atom is 0.207 e. The Morgan fingerprint density at radius 2 is 1.73 bits per heavy atom. The average Bonchev–Trinajstić information content (AvgIpc) is 2.59. The van der Waals surface area contributed by atoms with Crippen LogP contribution in [0.1, 0.15) is 43.4 Å². The highest BCUT2D eigenvalue weighted by Crippen LogP contribution is 2.34. The van der Waals surface area contributed by atoms with Crippen LogP contribution in [0.3, 0.4) is 0 Å². The van der Waals surface area contributed by atoms with Gasteiger partial charge in [-0.05, 0) is 61.6 Å². The monoisotopic (exact) mass is 372 g/mol. The summed E-state index contributed by atoms with van der Waals surface area (Å²) in [6.45, 7) is 10.7. The molecule has 140 valence electrons. The van der Waals surface area contributed by atoms with Crippen LogP contribution in [0.5, 0.6) is 0 Å². The lowest BCUT2D eigenvalue weighted by atomic mass is 9.99. The molecule has 0 aromatic heterocycles. The summed E-state index contributed by atoms with van der Waals surface area (Å²) in [5, 5.41) is 0. The molecule has 0 heterocycles. The third-order valence-corrected chi connectivity index (χ3v) is 6.57. The highest BCUT2D eigenvalue weighted by Gasteiger charge is 2.24. The molecule has 5 heteroatoms. The maximum atomic E-state index is 13.2. The van der Waals surface area contributed by atoms with Gasteiger partial charge in [0.15, 0.2) is 0 Å². The van der Waals surface area contributed by atoms with Crippen molar-refractivity contribution in [1.29, 1.82) is 0 Å². The number of aryl methyl sites for hydroxylation is 2. The van der Waals surface area contributed by atoms with Gasteiger partial charge in [-0.2, -0.15) is 0 Å². The first kappa shape index (κ1) is 20.2. The van der Waals surface area contributed by atoms with Gasteiger partial charge < -0.3 is 4.90 Å². The Kier molecular flexibility index (Phi) is 6.24. The second-order valence-corrected chi connectivity index (χ2v) is 8.80. The molecule has 0 radical (unpaired) electrons. The minimum atomic E-state index is -3.57. The topological polar surface area (TPSA) is 49.7 Å². The standard InChI is InChI=1S/C21H28N2O2S/c1-7-23(6)14-22-19-12-17(5)21(13-18(19)15(2)3)26(24,25)20-11-9-8-10-16(20)4/h8-15H,7H2,1-6H3. The molecule has 4 nitrogen and oxygen atoms in total. The second kappa shape index (κ2) is 8.04. The smallest absolute Gasteiger partial charge is 0.207 e. The van der Waals surface area contributed by atoms with Crippen molar-refractivity contribution in [3.05, 3.63) is 53.1 Å². The Hall–Kier alpha value is -2.14. The fraction of sp³-hybridized carbons (Fsp3) is 0.381. The molecule has 0 spiro atoms. The molecule has 2 rings (SSSR count). The van der Waals surface area contributed by atoms with E-state index in [-0.39, 0.29) is 5.92 Å². The first-order valence-corrected chi connectivity index (χ1v) is 10.4. The van der Waals surface area contributed by atoms with E-state index in [1.807, 2.05) is 44.0 Å². The third-order valence-electron chi connectivity index (χ3n) is 4.51. The van der Waals surface area contributed by atoms with Gasteiger partial charge in [-0.25, -0.2) is 13.4 Å². The van der Waals surface area contributed by atoms with Crippen molar-refractivity contribution in [3.8, 4) is 0 Å². The Morgan fingerprint density at radius 3 is 2.31 bits per heavy atom. The van der Waals surface area contributed by atoms with Crippen LogP contribution in [0.15, 0.2) is 51.2 Å². The Morgan fingerprint density at radius 1 is 1.08 bits per heavy atom. The largest absolute Gasteiger partial charge is 0.366 e. The molecule has 0 aliphatic carbocycles. The first-order valence-electron chi connectivity index (χ1n) is 8.88. The van der Waals surface area contributed by atoms with E-state index in [0.717, 1.165) is 23.4 Å². The van der Waals surface area contributed by atoms with Gasteiger partial charge in [-0.15, -0.1) is 0 Å². The van der Waals surface area contributed by atoms with Crippen LogP contribution in [-0.2, 0) is 9.84 Å². The zero-order chi connectivity index (χ0) is 19.5. The molecule has 26 heavy (non-hydrogen) atoms. The van der Waals surface area contributed by atoms with E-state index < -0.39 is 9.84 Å². The van der Waals surface area contributed by atoms with Crippen molar-refractivity contribution in [1.82, 2.24) is 4.90 Å². The van der Waals surface area contributed by atoms with Crippen LogP contribution >= 0.6 is 0 Å². The Bertz CT molecular complexity index is 916. The van der Waals surface area contributed by atoms with Crippen LogP contribution in [0.25, 0.3) is 0 Å². The summed E-state index contributed by atoms with van der Waals surface area (Å²) in [7, 11) is -1.61. The van der Waals surface area contributed by atoms with Crippen molar-refractivity contribution >= 4 is 21.9 Å². The van der Waals surface area contributed by atoms with Crippen molar-refractivity contribution in [2.75, 3.05) is 13.6 Å². The number of hydrogen-bond donors (Lipinski definition) is 0. The summed E-state index contributed by atoms with van der Waals surface area (Å²) in [4.78, 5) is 7.28. The van der Waals surface area contributed by atoms with Crippen molar-refractivity contribution in [2.24, 2.45) is 4.99 Å². The molecule has 0 aliphatic rings. The fourth-order valence-electron chi connectivity index (χ4n) is 2.77. The van der Waals surface area contributed by atoms with E-state index in [2.05, 4.69) is 25.8 Å². The summed E-state index contributed by atoms with van der Waals surface area (Å²) < 4.78 is 26.5. The molecule has 0 aliphatic heterocycles. The molecule has 0 bridgehead atoms. The lowest BCUT2D eigenvalue weighted by Crippen LogP contribution is -2.14. The van der Waals surface area contributed by atoms with Gasteiger partial charge in [0.2, 0.25) is 9.84 Å². The molecule has 0 unspecified atom stereocenters. The second-order valence-electron chi connectivity index (χ2n) is 6.92. The molecule has 0 saturated carbocycles. The van der Waals surface area contributed by atoms with Crippen LogP contribution in [0, 0.1) is 13.8 Å². The zero-order valence-corrected chi connectivity index (χ0v) is 17.3. The summed E-state index contributed by atoms with van der Waals surface area (Å²) in [6, 6.07) is 10.8. The number of aliphatic imine (C=N–C) groups is 1. The lowest BCUT2D eigenvalue weighted by Gasteiger charge is -2.17. The molecule has 0 N–H and O–H groups in total. The third kappa shape index (κ3) is 4.15. The predicted molar refractivity (Wildman–Crippen MR) is 108 cm³/mol. The average molecular weight is 373 g/mol. The lowest BCUT2D eigenvalue weighted by molar-refractivity contribution is 0.552. The number of benzene rings is 2. The van der Waals surface area contributed by atoms with Gasteiger partial charge in [-0.3, -0.25) is 0 Å². The zero-order valence-electron chi connectivity index (χ0n) is 16.4. The summed E-state index contributed by atoms with van der Waals surface area (Å²) >= 11 is 0. The first-order chi connectivity index (χ1) is 12.2. The molecule has 2 aromatic rings. The quantitative estimate of drug-likeness (QED) is 0.537. The van der Waals surface area contributed by atoms with Gasteiger partial charge in [0.1, 0.15) is 0 Å². The number of nitrogens with zero attached hydrogens (tertiary/aromatic N) is 2. The van der Waals surface area contributed by atoms with E-state index >= 15 is 0 Å². The molecule has 2 aromatic carbocycles. The van der Waals surface area contributed by atoms with E-state index in [4.69, 9.17) is 0 Å². The number of rotatable bonds is 6. The van der Waals surface area contributed by atoms with Crippen molar-refractivity contribution < 1.29 is 8.42 Å². The maximum absolute atomic E-state index is 13.2. The van der Waals surface area contributed by atoms with Gasteiger partial charge in [0.05, 0.1) is 21.8 Å². The summed E-state index contributed by atoms with van der Waals surface area (Å²) in [6.07, 6.45) is 1.79. The van der Waals surface area contributed by atoms with E-state index in [0.29, 0.717) is 15.4 Å². The molecule has 0 fully saturated rings. The number of hydrogen-bond acceptors (Lipinski definition) is 3. The predicted octanol–water partition coefficient (Wildman–Crippen LogP) is 4.87. The molecule has 0 amide bonds. The normalized spacial score (nSPS) is 12.1. The van der Waals surface area contributed by atoms with E-state index in [1.54, 1.807) is 24.5 Å². The highest BCUT2D eigenvalue weighted by atomic mass is 32.2. The van der Waals surface area contributed by atoms with Crippen molar-refractivity contribution in [2.45, 2.75) is 50.3 Å². The molecular weight excluding hydrogens is 344 g/mol. The van der Waals surface area contributed by atoms with E-state index in [9.17, 15) is 8.42 Å². The minimum Gasteiger partial charge on any atom is -0.366 e.